The molecule has 4 aromatic heterocycles. The van der Waals surface area contributed by atoms with E-state index in [0.29, 0.717) is 38.6 Å². The lowest BCUT2D eigenvalue weighted by Gasteiger charge is -2.21. The van der Waals surface area contributed by atoms with E-state index in [-0.39, 0.29) is 23.7 Å². The third kappa shape index (κ3) is 4.50. The van der Waals surface area contributed by atoms with Crippen LogP contribution in [-0.4, -0.2) is 36.2 Å². The summed E-state index contributed by atoms with van der Waals surface area (Å²) in [7, 11) is 0. The molecule has 0 aliphatic carbocycles. The number of ketones is 1. The van der Waals surface area contributed by atoms with Crippen molar-refractivity contribution in [3.8, 4) is 0 Å². The number of pyridine rings is 2. The zero-order valence-corrected chi connectivity index (χ0v) is 18.6. The Labute approximate surface area is 189 Å². The molecule has 162 valence electrons. The van der Waals surface area contributed by atoms with Crippen molar-refractivity contribution < 1.29 is 9.59 Å². The summed E-state index contributed by atoms with van der Waals surface area (Å²) in [5.41, 5.74) is 2.25. The molecule has 4 heterocycles. The molecule has 0 aliphatic rings. The van der Waals surface area contributed by atoms with Crippen LogP contribution in [0, 0.1) is 0 Å². The fourth-order valence-corrected chi connectivity index (χ4v) is 3.44. The van der Waals surface area contributed by atoms with Crippen molar-refractivity contribution >= 4 is 40.0 Å². The van der Waals surface area contributed by atoms with E-state index in [1.807, 2.05) is 25.3 Å². The van der Waals surface area contributed by atoms with E-state index in [0.717, 1.165) is 0 Å². The molecule has 0 saturated heterocycles. The second-order valence-corrected chi connectivity index (χ2v) is 8.76. The highest BCUT2D eigenvalue weighted by Gasteiger charge is 2.23. The Morgan fingerprint density at radius 1 is 1.06 bits per heavy atom. The highest BCUT2D eigenvalue weighted by molar-refractivity contribution is 6.30. The SMILES string of the molecule is CC(C)(C)n1cc(C(=O)c2cncc(NC(=O)Cc3ccc(Cl)cn3)c2)c2cncnc21. The summed E-state index contributed by atoms with van der Waals surface area (Å²) in [6.45, 7) is 6.11. The van der Waals surface area contributed by atoms with Gasteiger partial charge in [-0.3, -0.25) is 19.6 Å². The largest absolute Gasteiger partial charge is 0.326 e. The number of fused-ring (bicyclic) bond motifs is 1. The lowest BCUT2D eigenvalue weighted by molar-refractivity contribution is -0.115. The number of hydrogen-bond acceptors (Lipinski definition) is 6. The molecule has 0 aromatic carbocycles. The summed E-state index contributed by atoms with van der Waals surface area (Å²) in [5, 5.41) is 3.93. The van der Waals surface area contributed by atoms with Crippen molar-refractivity contribution in [1.82, 2.24) is 24.5 Å². The monoisotopic (exact) mass is 448 g/mol. The molecule has 0 aliphatic heterocycles. The number of carbonyl (C=O) groups is 2. The standard InChI is InChI=1S/C23H21ClN6O2/c1-23(2,3)30-12-19(18-11-26-13-28-22(18)30)21(32)14-6-17(10-25-8-14)29-20(31)7-16-5-4-15(24)9-27-16/h4-6,8-13H,7H2,1-3H3,(H,29,31). The summed E-state index contributed by atoms with van der Waals surface area (Å²) >= 11 is 5.83. The van der Waals surface area contributed by atoms with E-state index in [1.54, 1.807) is 30.6 Å². The number of aromatic nitrogens is 5. The molecule has 0 bridgehead atoms. The lowest BCUT2D eigenvalue weighted by Crippen LogP contribution is -2.21. The van der Waals surface area contributed by atoms with Gasteiger partial charge in [0.2, 0.25) is 5.91 Å². The highest BCUT2D eigenvalue weighted by Crippen LogP contribution is 2.27. The summed E-state index contributed by atoms with van der Waals surface area (Å²) in [6, 6.07) is 4.97. The fourth-order valence-electron chi connectivity index (χ4n) is 3.33. The molecule has 0 unspecified atom stereocenters. The van der Waals surface area contributed by atoms with E-state index in [9.17, 15) is 9.59 Å². The molecule has 0 radical (unpaired) electrons. The summed E-state index contributed by atoms with van der Waals surface area (Å²) in [4.78, 5) is 42.4. The van der Waals surface area contributed by atoms with Crippen molar-refractivity contribution in [2.45, 2.75) is 32.7 Å². The lowest BCUT2D eigenvalue weighted by atomic mass is 10.1. The number of carbonyl (C=O) groups excluding carboxylic acids is 2. The number of nitrogens with zero attached hydrogens (tertiary/aromatic N) is 5. The molecule has 1 amide bonds. The smallest absolute Gasteiger partial charge is 0.230 e. The maximum atomic E-state index is 13.3. The second kappa shape index (κ2) is 8.47. The van der Waals surface area contributed by atoms with E-state index in [1.165, 1.54) is 24.9 Å². The molecule has 9 heteroatoms. The van der Waals surface area contributed by atoms with E-state index >= 15 is 0 Å². The number of hydrogen-bond donors (Lipinski definition) is 1. The van der Waals surface area contributed by atoms with Crippen LogP contribution in [0.25, 0.3) is 11.0 Å². The quantitative estimate of drug-likeness (QED) is 0.462. The van der Waals surface area contributed by atoms with Crippen molar-refractivity contribution in [3.05, 3.63) is 77.4 Å². The number of anilines is 1. The van der Waals surface area contributed by atoms with Crippen LogP contribution in [0.1, 0.15) is 42.4 Å². The highest BCUT2D eigenvalue weighted by atomic mass is 35.5. The number of rotatable bonds is 5. The van der Waals surface area contributed by atoms with Crippen LogP contribution in [0.5, 0.6) is 0 Å². The minimum Gasteiger partial charge on any atom is -0.326 e. The van der Waals surface area contributed by atoms with E-state index < -0.39 is 0 Å². The van der Waals surface area contributed by atoms with Gasteiger partial charge in [-0.25, -0.2) is 9.97 Å². The maximum absolute atomic E-state index is 13.3. The average molecular weight is 449 g/mol. The van der Waals surface area contributed by atoms with Gasteiger partial charge in [-0.15, -0.1) is 0 Å². The molecule has 0 fully saturated rings. The van der Waals surface area contributed by atoms with Gasteiger partial charge in [-0.05, 0) is 39.0 Å². The van der Waals surface area contributed by atoms with Crippen LogP contribution in [0.4, 0.5) is 5.69 Å². The van der Waals surface area contributed by atoms with Gasteiger partial charge in [0, 0.05) is 47.0 Å². The van der Waals surface area contributed by atoms with Gasteiger partial charge < -0.3 is 9.88 Å². The van der Waals surface area contributed by atoms with Gasteiger partial charge in [-0.1, -0.05) is 11.6 Å². The molecule has 8 nitrogen and oxygen atoms in total. The maximum Gasteiger partial charge on any atom is 0.230 e. The molecular weight excluding hydrogens is 428 g/mol. The average Bonchev–Trinajstić information content (AvgIpc) is 3.15. The minimum absolute atomic E-state index is 0.0752. The molecule has 32 heavy (non-hydrogen) atoms. The zero-order chi connectivity index (χ0) is 22.9. The third-order valence-electron chi connectivity index (χ3n) is 4.85. The molecule has 1 N–H and O–H groups in total. The van der Waals surface area contributed by atoms with Gasteiger partial charge in [-0.2, -0.15) is 0 Å². The van der Waals surface area contributed by atoms with Crippen LogP contribution in [0.2, 0.25) is 5.02 Å². The molecule has 0 spiro atoms. The van der Waals surface area contributed by atoms with Crippen molar-refractivity contribution in [1.29, 1.82) is 0 Å². The first-order chi connectivity index (χ1) is 15.2. The van der Waals surface area contributed by atoms with Crippen LogP contribution in [0.15, 0.2) is 55.5 Å². The summed E-state index contributed by atoms with van der Waals surface area (Å²) < 4.78 is 1.95. The Hall–Kier alpha value is -3.65. The van der Waals surface area contributed by atoms with Gasteiger partial charge in [0.1, 0.15) is 12.0 Å². The second-order valence-electron chi connectivity index (χ2n) is 8.33. The van der Waals surface area contributed by atoms with Gasteiger partial charge in [0.05, 0.1) is 28.9 Å². The number of nitrogens with one attached hydrogen (secondary N) is 1. The molecule has 4 aromatic rings. The Kier molecular flexibility index (Phi) is 5.71. The van der Waals surface area contributed by atoms with Crippen molar-refractivity contribution in [3.63, 3.8) is 0 Å². The van der Waals surface area contributed by atoms with Crippen molar-refractivity contribution in [2.24, 2.45) is 0 Å². The molecule has 0 atom stereocenters. The molecule has 4 rings (SSSR count). The minimum atomic E-state index is -0.274. The van der Waals surface area contributed by atoms with Gasteiger partial charge in [0.15, 0.2) is 5.78 Å². The van der Waals surface area contributed by atoms with Crippen LogP contribution in [-0.2, 0) is 16.8 Å². The van der Waals surface area contributed by atoms with Gasteiger partial charge in [0.25, 0.3) is 0 Å². The zero-order valence-electron chi connectivity index (χ0n) is 17.8. The van der Waals surface area contributed by atoms with Crippen LogP contribution in [0.3, 0.4) is 0 Å². The van der Waals surface area contributed by atoms with Crippen molar-refractivity contribution in [2.75, 3.05) is 5.32 Å². The Bertz CT molecular complexity index is 1310. The molecule has 0 saturated carbocycles. The Morgan fingerprint density at radius 3 is 2.59 bits per heavy atom. The van der Waals surface area contributed by atoms with E-state index in [2.05, 4.69) is 25.3 Å². The fraction of sp³-hybridized carbons (Fsp3) is 0.217. The number of halogens is 1. The Balaban J connectivity index is 1.59. The predicted octanol–water partition coefficient (Wildman–Crippen LogP) is 4.04. The van der Waals surface area contributed by atoms with Crippen LogP contribution >= 0.6 is 11.6 Å². The summed E-state index contributed by atoms with van der Waals surface area (Å²) in [6.07, 6.45) is 9.42. The first-order valence-corrected chi connectivity index (χ1v) is 10.3. The van der Waals surface area contributed by atoms with E-state index in [4.69, 9.17) is 11.6 Å². The summed E-state index contributed by atoms with van der Waals surface area (Å²) in [5.74, 6) is -0.500. The van der Waals surface area contributed by atoms with Crippen LogP contribution < -0.4 is 5.32 Å². The third-order valence-corrected chi connectivity index (χ3v) is 5.07. The normalized spacial score (nSPS) is 11.5. The van der Waals surface area contributed by atoms with Gasteiger partial charge >= 0.3 is 0 Å². The topological polar surface area (TPSA) is 103 Å². The first-order valence-electron chi connectivity index (χ1n) is 9.94. The number of amides is 1. The Morgan fingerprint density at radius 2 is 1.88 bits per heavy atom. The predicted molar refractivity (Wildman–Crippen MR) is 122 cm³/mol. The molecular formula is C23H21ClN6O2. The first kappa shape index (κ1) is 21.6.